The molecule has 1 N–H and O–H groups in total. The van der Waals surface area contributed by atoms with Crippen LogP contribution in [0.1, 0.15) is 22.5 Å². The fraction of sp³-hybridized carbons (Fsp3) is 0.235. The summed E-state index contributed by atoms with van der Waals surface area (Å²) < 4.78 is 10.4. The zero-order valence-electron chi connectivity index (χ0n) is 13.7. The van der Waals surface area contributed by atoms with E-state index in [-0.39, 0.29) is 18.6 Å². The van der Waals surface area contributed by atoms with Gasteiger partial charge in [0.15, 0.2) is 12.4 Å². The van der Waals surface area contributed by atoms with Gasteiger partial charge in [0.25, 0.3) is 5.91 Å². The van der Waals surface area contributed by atoms with Crippen LogP contribution in [-0.2, 0) is 14.3 Å². The van der Waals surface area contributed by atoms with E-state index in [1.54, 1.807) is 24.3 Å². The van der Waals surface area contributed by atoms with Gasteiger partial charge in [0.2, 0.25) is 0 Å². The number of esters is 1. The average molecular weight is 416 g/mol. The summed E-state index contributed by atoms with van der Waals surface area (Å²) in [4.78, 5) is 35.8. The third-order valence-electron chi connectivity index (χ3n) is 3.20. The van der Waals surface area contributed by atoms with Crippen LogP contribution in [0, 0.1) is 0 Å². The summed E-state index contributed by atoms with van der Waals surface area (Å²) in [7, 11) is 1.48. The van der Waals surface area contributed by atoms with E-state index in [1.165, 1.54) is 13.2 Å². The summed E-state index contributed by atoms with van der Waals surface area (Å²) in [5.41, 5.74) is 0.446. The third-order valence-corrected chi connectivity index (χ3v) is 4.77. The lowest BCUT2D eigenvalue weighted by Crippen LogP contribution is -2.21. The first-order valence-electron chi connectivity index (χ1n) is 7.46. The van der Waals surface area contributed by atoms with Crippen molar-refractivity contribution in [1.82, 2.24) is 0 Å². The molecule has 1 aromatic carbocycles. The van der Waals surface area contributed by atoms with Crippen molar-refractivity contribution in [2.45, 2.75) is 12.8 Å². The molecule has 26 heavy (non-hydrogen) atoms. The van der Waals surface area contributed by atoms with Gasteiger partial charge in [-0.15, -0.1) is 11.3 Å². The van der Waals surface area contributed by atoms with Crippen molar-refractivity contribution in [3.8, 4) is 5.75 Å². The first-order chi connectivity index (χ1) is 12.4. The molecule has 1 aromatic heterocycles. The smallest absolute Gasteiger partial charge is 0.306 e. The number of carbonyl (C=O) groups excluding carboxylic acids is 3. The Balaban J connectivity index is 1.73. The molecule has 0 aliphatic rings. The number of nitrogens with one attached hydrogen (secondary N) is 1. The first-order valence-corrected chi connectivity index (χ1v) is 9.04. The molecule has 6 nitrogen and oxygen atoms in total. The lowest BCUT2D eigenvalue weighted by Gasteiger charge is -2.08. The Morgan fingerprint density at radius 1 is 1.12 bits per heavy atom. The van der Waals surface area contributed by atoms with E-state index in [2.05, 4.69) is 5.32 Å². The lowest BCUT2D eigenvalue weighted by atomic mass is 10.2. The van der Waals surface area contributed by atoms with Crippen LogP contribution in [-0.4, -0.2) is 31.4 Å². The summed E-state index contributed by atoms with van der Waals surface area (Å²) in [5, 5.41) is 2.89. The number of anilines is 1. The monoisotopic (exact) mass is 415 g/mol. The third kappa shape index (κ3) is 6.01. The minimum atomic E-state index is -0.635. The fourth-order valence-corrected chi connectivity index (χ4v) is 3.23. The lowest BCUT2D eigenvalue weighted by molar-refractivity contribution is -0.147. The van der Waals surface area contributed by atoms with Gasteiger partial charge in [0, 0.05) is 12.1 Å². The van der Waals surface area contributed by atoms with Crippen LogP contribution >= 0.6 is 34.5 Å². The molecule has 0 aliphatic heterocycles. The Hall–Kier alpha value is -2.09. The van der Waals surface area contributed by atoms with E-state index < -0.39 is 18.5 Å². The van der Waals surface area contributed by atoms with Gasteiger partial charge in [-0.3, -0.25) is 14.4 Å². The van der Waals surface area contributed by atoms with E-state index in [9.17, 15) is 14.4 Å². The van der Waals surface area contributed by atoms with E-state index in [0.29, 0.717) is 25.7 Å². The second-order valence-electron chi connectivity index (χ2n) is 5.09. The highest BCUT2D eigenvalue weighted by atomic mass is 35.5. The Labute approximate surface area is 164 Å². The van der Waals surface area contributed by atoms with Gasteiger partial charge in [-0.05, 0) is 30.3 Å². The Morgan fingerprint density at radius 2 is 1.88 bits per heavy atom. The molecule has 0 bridgehead atoms. The van der Waals surface area contributed by atoms with Gasteiger partial charge in [-0.25, -0.2) is 0 Å². The molecule has 2 aromatic rings. The van der Waals surface area contributed by atoms with Crippen molar-refractivity contribution in [2.75, 3.05) is 19.0 Å². The Bertz CT molecular complexity index is 821. The van der Waals surface area contributed by atoms with Crippen LogP contribution in [0.3, 0.4) is 0 Å². The maximum absolute atomic E-state index is 11.9. The zero-order chi connectivity index (χ0) is 19.1. The SMILES string of the molecule is COc1ccc(NC(=O)COC(=O)CCC(=O)c2ccc(Cl)s2)cc1Cl. The fourth-order valence-electron chi connectivity index (χ4n) is 1.96. The van der Waals surface area contributed by atoms with Gasteiger partial charge >= 0.3 is 5.97 Å². The molecule has 0 aliphatic carbocycles. The van der Waals surface area contributed by atoms with Gasteiger partial charge < -0.3 is 14.8 Å². The molecule has 0 atom stereocenters. The summed E-state index contributed by atoms with van der Waals surface area (Å²) in [6.07, 6.45) is -0.124. The molecule has 0 fully saturated rings. The number of hydrogen-bond acceptors (Lipinski definition) is 6. The second-order valence-corrected chi connectivity index (χ2v) is 7.21. The number of hydrogen-bond donors (Lipinski definition) is 1. The minimum absolute atomic E-state index is 0.00855. The number of rotatable bonds is 8. The van der Waals surface area contributed by atoms with Crippen molar-refractivity contribution in [3.63, 3.8) is 0 Å². The van der Waals surface area contributed by atoms with Crippen LogP contribution in [0.15, 0.2) is 30.3 Å². The highest BCUT2D eigenvalue weighted by Gasteiger charge is 2.14. The van der Waals surface area contributed by atoms with Crippen LogP contribution < -0.4 is 10.1 Å². The zero-order valence-corrected chi connectivity index (χ0v) is 16.0. The second kappa shape index (κ2) is 9.56. The Kier molecular flexibility index (Phi) is 7.44. The first kappa shape index (κ1) is 20.2. The molecular formula is C17H15Cl2NO5S. The quantitative estimate of drug-likeness (QED) is 0.515. The van der Waals surface area contributed by atoms with Crippen molar-refractivity contribution < 1.29 is 23.9 Å². The number of ether oxygens (including phenoxy) is 2. The standard InChI is InChI=1S/C17H15Cl2NO5S/c1-24-13-4-2-10(8-11(13)18)20-16(22)9-25-17(23)7-3-12(21)14-5-6-15(19)26-14/h2,4-6,8H,3,7,9H2,1H3,(H,20,22). The van der Waals surface area contributed by atoms with Crippen LogP contribution in [0.25, 0.3) is 0 Å². The maximum atomic E-state index is 11.9. The van der Waals surface area contributed by atoms with Crippen LogP contribution in [0.2, 0.25) is 9.36 Å². The molecule has 0 saturated heterocycles. The molecule has 1 heterocycles. The summed E-state index contributed by atoms with van der Waals surface area (Å²) >= 11 is 12.9. The van der Waals surface area contributed by atoms with E-state index in [4.69, 9.17) is 32.7 Å². The normalized spacial score (nSPS) is 10.3. The van der Waals surface area contributed by atoms with Crippen molar-refractivity contribution in [3.05, 3.63) is 44.6 Å². The van der Waals surface area contributed by atoms with E-state index >= 15 is 0 Å². The van der Waals surface area contributed by atoms with Gasteiger partial charge in [0.05, 0.1) is 27.8 Å². The number of benzene rings is 1. The molecule has 138 valence electrons. The molecule has 2 rings (SSSR count). The number of ketones is 1. The maximum Gasteiger partial charge on any atom is 0.306 e. The number of amides is 1. The van der Waals surface area contributed by atoms with Crippen molar-refractivity contribution >= 4 is 57.9 Å². The van der Waals surface area contributed by atoms with Crippen LogP contribution in [0.4, 0.5) is 5.69 Å². The van der Waals surface area contributed by atoms with E-state index in [1.807, 2.05) is 0 Å². The van der Waals surface area contributed by atoms with Gasteiger partial charge in [-0.1, -0.05) is 23.2 Å². The molecular weight excluding hydrogens is 401 g/mol. The number of halogens is 2. The van der Waals surface area contributed by atoms with Crippen molar-refractivity contribution in [1.29, 1.82) is 0 Å². The predicted molar refractivity (Wildman–Crippen MR) is 100 cm³/mol. The average Bonchev–Trinajstić information content (AvgIpc) is 3.04. The number of thiophene rings is 1. The van der Waals surface area contributed by atoms with Crippen LogP contribution in [0.5, 0.6) is 5.75 Å². The molecule has 0 unspecified atom stereocenters. The number of methoxy groups -OCH3 is 1. The largest absolute Gasteiger partial charge is 0.495 e. The molecule has 0 spiro atoms. The number of Topliss-reactive ketones (excluding diaryl/α,β-unsaturated/α-hetero) is 1. The predicted octanol–water partition coefficient (Wildman–Crippen LogP) is 4.21. The highest BCUT2D eigenvalue weighted by Crippen LogP contribution is 2.27. The Morgan fingerprint density at radius 3 is 2.50 bits per heavy atom. The van der Waals surface area contributed by atoms with Gasteiger partial charge in [0.1, 0.15) is 5.75 Å². The van der Waals surface area contributed by atoms with Gasteiger partial charge in [-0.2, -0.15) is 0 Å². The summed E-state index contributed by atoms with van der Waals surface area (Å²) in [6, 6.07) is 7.95. The molecule has 0 radical (unpaired) electrons. The topological polar surface area (TPSA) is 81.7 Å². The van der Waals surface area contributed by atoms with Crippen molar-refractivity contribution in [2.24, 2.45) is 0 Å². The minimum Gasteiger partial charge on any atom is -0.495 e. The molecule has 0 saturated carbocycles. The number of carbonyl (C=O) groups is 3. The molecule has 9 heteroatoms. The summed E-state index contributed by atoms with van der Waals surface area (Å²) in [5.74, 6) is -0.871. The highest BCUT2D eigenvalue weighted by molar-refractivity contribution is 7.18. The summed E-state index contributed by atoms with van der Waals surface area (Å²) in [6.45, 7) is -0.457. The molecule has 1 amide bonds. The van der Waals surface area contributed by atoms with E-state index in [0.717, 1.165) is 11.3 Å².